The van der Waals surface area contributed by atoms with E-state index in [1.807, 2.05) is 0 Å². The van der Waals surface area contributed by atoms with Gasteiger partial charge in [-0.25, -0.2) is 9.78 Å². The highest BCUT2D eigenvalue weighted by atomic mass is 16.5. The number of ether oxygens (including phenoxy) is 1. The van der Waals surface area contributed by atoms with Gasteiger partial charge in [0.25, 0.3) is 5.56 Å². The van der Waals surface area contributed by atoms with Crippen molar-refractivity contribution in [2.24, 2.45) is 0 Å². The van der Waals surface area contributed by atoms with Crippen LogP contribution in [-0.4, -0.2) is 28.6 Å². The van der Waals surface area contributed by atoms with Gasteiger partial charge >= 0.3 is 5.97 Å². The van der Waals surface area contributed by atoms with Crippen molar-refractivity contribution in [1.82, 2.24) is 9.97 Å². The van der Waals surface area contributed by atoms with Gasteiger partial charge in [-0.15, -0.1) is 0 Å². The second-order valence-corrected chi connectivity index (χ2v) is 3.61. The minimum atomic E-state index is -0.644. The van der Waals surface area contributed by atoms with Gasteiger partial charge in [-0.3, -0.25) is 9.78 Å². The molecule has 0 radical (unpaired) electrons. The summed E-state index contributed by atoms with van der Waals surface area (Å²) in [4.78, 5) is 29.3. The van der Waals surface area contributed by atoms with Gasteiger partial charge in [-0.1, -0.05) is 0 Å². The number of carbonyl (C=O) groups is 1. The van der Waals surface area contributed by atoms with Crippen LogP contribution in [0.2, 0.25) is 0 Å². The minimum Gasteiger partial charge on any atom is -0.462 e. The highest BCUT2D eigenvalue weighted by Crippen LogP contribution is 2.22. The van der Waals surface area contributed by atoms with E-state index in [1.165, 1.54) is 6.20 Å². The Kier molecular flexibility index (Phi) is 2.89. The number of H-pyrrole nitrogens is 1. The summed E-state index contributed by atoms with van der Waals surface area (Å²) in [6.07, 6.45) is 3.41. The Morgan fingerprint density at radius 1 is 1.69 bits per heavy atom. The van der Waals surface area contributed by atoms with Crippen LogP contribution in [-0.2, 0) is 4.74 Å². The Hall–Kier alpha value is -1.85. The van der Waals surface area contributed by atoms with Gasteiger partial charge in [-0.05, 0) is 19.8 Å². The summed E-state index contributed by atoms with van der Waals surface area (Å²) in [6.45, 7) is 1.92. The predicted molar refractivity (Wildman–Crippen MR) is 57.5 cm³/mol. The van der Waals surface area contributed by atoms with E-state index in [4.69, 9.17) is 4.74 Å². The third-order valence-corrected chi connectivity index (χ3v) is 2.21. The van der Waals surface area contributed by atoms with Gasteiger partial charge in [0.05, 0.1) is 12.8 Å². The molecule has 2 N–H and O–H groups in total. The summed E-state index contributed by atoms with van der Waals surface area (Å²) < 4.78 is 4.72. The molecule has 86 valence electrons. The number of nitrogens with one attached hydrogen (secondary N) is 2. The number of anilines is 1. The van der Waals surface area contributed by atoms with Gasteiger partial charge < -0.3 is 10.1 Å². The minimum absolute atomic E-state index is 0.0665. The van der Waals surface area contributed by atoms with E-state index in [-0.39, 0.29) is 12.2 Å². The second kappa shape index (κ2) is 4.34. The molecule has 1 saturated carbocycles. The standard InChI is InChI=1S/C10H13N3O3/c1-2-16-9(15)7-5-11-10(13-8(7)14)12-6-3-4-6/h5-6H,2-4H2,1H3,(H2,11,12,13,14). The maximum absolute atomic E-state index is 11.5. The number of rotatable bonds is 4. The van der Waals surface area contributed by atoms with Crippen molar-refractivity contribution in [1.29, 1.82) is 0 Å². The number of aromatic amines is 1. The molecule has 6 heteroatoms. The van der Waals surface area contributed by atoms with Gasteiger partial charge in [0.1, 0.15) is 5.56 Å². The lowest BCUT2D eigenvalue weighted by atomic mass is 10.3. The fourth-order valence-corrected chi connectivity index (χ4v) is 1.24. The molecule has 1 fully saturated rings. The maximum Gasteiger partial charge on any atom is 0.345 e. The highest BCUT2D eigenvalue weighted by molar-refractivity contribution is 5.88. The molecular formula is C10H13N3O3. The van der Waals surface area contributed by atoms with Crippen LogP contribution in [0.5, 0.6) is 0 Å². The third-order valence-electron chi connectivity index (χ3n) is 2.21. The maximum atomic E-state index is 11.5. The molecule has 1 heterocycles. The van der Waals surface area contributed by atoms with Crippen molar-refractivity contribution in [2.75, 3.05) is 11.9 Å². The van der Waals surface area contributed by atoms with Crippen molar-refractivity contribution in [3.8, 4) is 0 Å². The Balaban J connectivity index is 2.15. The van der Waals surface area contributed by atoms with Crippen molar-refractivity contribution in [3.63, 3.8) is 0 Å². The molecule has 0 aliphatic heterocycles. The fourth-order valence-electron chi connectivity index (χ4n) is 1.24. The lowest BCUT2D eigenvalue weighted by Crippen LogP contribution is -2.22. The van der Waals surface area contributed by atoms with Crippen LogP contribution in [0.3, 0.4) is 0 Å². The number of hydrogen-bond acceptors (Lipinski definition) is 5. The molecule has 16 heavy (non-hydrogen) atoms. The summed E-state index contributed by atoms with van der Waals surface area (Å²) in [5, 5.41) is 3.04. The summed E-state index contributed by atoms with van der Waals surface area (Å²) in [5.41, 5.74) is -0.542. The quantitative estimate of drug-likeness (QED) is 0.727. The van der Waals surface area contributed by atoms with Crippen molar-refractivity contribution in [2.45, 2.75) is 25.8 Å². The van der Waals surface area contributed by atoms with Crippen LogP contribution in [0.15, 0.2) is 11.0 Å². The Bertz CT molecular complexity index is 451. The zero-order valence-corrected chi connectivity index (χ0v) is 8.95. The summed E-state index contributed by atoms with van der Waals surface area (Å²) in [6, 6.07) is 0.400. The third kappa shape index (κ3) is 2.39. The van der Waals surface area contributed by atoms with Gasteiger partial charge in [-0.2, -0.15) is 0 Å². The van der Waals surface area contributed by atoms with E-state index >= 15 is 0 Å². The molecule has 0 aromatic carbocycles. The molecule has 0 spiro atoms. The van der Waals surface area contributed by atoms with Crippen LogP contribution in [0.4, 0.5) is 5.95 Å². The summed E-state index contributed by atoms with van der Waals surface area (Å²) in [5.74, 6) is -0.241. The van der Waals surface area contributed by atoms with E-state index in [2.05, 4.69) is 15.3 Å². The average molecular weight is 223 g/mol. The number of nitrogens with zero attached hydrogens (tertiary/aromatic N) is 1. The Labute approximate surface area is 92.0 Å². The normalized spacial score (nSPS) is 14.6. The van der Waals surface area contributed by atoms with E-state index < -0.39 is 11.5 Å². The second-order valence-electron chi connectivity index (χ2n) is 3.61. The van der Waals surface area contributed by atoms with Crippen LogP contribution >= 0.6 is 0 Å². The van der Waals surface area contributed by atoms with Crippen LogP contribution in [0, 0.1) is 0 Å². The molecule has 1 aromatic rings. The van der Waals surface area contributed by atoms with Gasteiger partial charge in [0.15, 0.2) is 0 Å². The first-order chi connectivity index (χ1) is 7.70. The molecule has 1 aliphatic carbocycles. The summed E-state index contributed by atoms with van der Waals surface area (Å²) in [7, 11) is 0. The van der Waals surface area contributed by atoms with E-state index in [1.54, 1.807) is 6.92 Å². The predicted octanol–water partition coefficient (Wildman–Crippen LogP) is 0.521. The van der Waals surface area contributed by atoms with Crippen LogP contribution in [0.25, 0.3) is 0 Å². The zero-order chi connectivity index (χ0) is 11.5. The largest absolute Gasteiger partial charge is 0.462 e. The van der Waals surface area contributed by atoms with Crippen molar-refractivity contribution >= 4 is 11.9 Å². The van der Waals surface area contributed by atoms with Crippen LogP contribution in [0.1, 0.15) is 30.1 Å². The lowest BCUT2D eigenvalue weighted by molar-refractivity contribution is 0.0524. The Morgan fingerprint density at radius 3 is 3.00 bits per heavy atom. The van der Waals surface area contributed by atoms with E-state index in [0.717, 1.165) is 12.8 Å². The first-order valence-corrected chi connectivity index (χ1v) is 5.23. The molecule has 0 bridgehead atoms. The first-order valence-electron chi connectivity index (χ1n) is 5.23. The van der Waals surface area contributed by atoms with E-state index in [0.29, 0.717) is 12.0 Å². The molecule has 1 aliphatic rings. The smallest absolute Gasteiger partial charge is 0.345 e. The molecular weight excluding hydrogens is 210 g/mol. The van der Waals surface area contributed by atoms with Crippen molar-refractivity contribution < 1.29 is 9.53 Å². The number of aromatic nitrogens is 2. The topological polar surface area (TPSA) is 84.1 Å². The molecule has 6 nitrogen and oxygen atoms in total. The molecule has 2 rings (SSSR count). The zero-order valence-electron chi connectivity index (χ0n) is 8.95. The van der Waals surface area contributed by atoms with Crippen LogP contribution < -0.4 is 10.9 Å². The first kappa shape index (κ1) is 10.7. The molecule has 0 atom stereocenters. The summed E-state index contributed by atoms with van der Waals surface area (Å²) >= 11 is 0. The fraction of sp³-hybridized carbons (Fsp3) is 0.500. The van der Waals surface area contributed by atoms with Gasteiger partial charge in [0.2, 0.25) is 5.95 Å². The highest BCUT2D eigenvalue weighted by Gasteiger charge is 2.22. The monoisotopic (exact) mass is 223 g/mol. The van der Waals surface area contributed by atoms with E-state index in [9.17, 15) is 9.59 Å². The van der Waals surface area contributed by atoms with Gasteiger partial charge in [0, 0.05) is 6.04 Å². The number of hydrogen-bond donors (Lipinski definition) is 2. The SMILES string of the molecule is CCOC(=O)c1cnc(NC2CC2)[nH]c1=O. The number of carbonyl (C=O) groups excluding carboxylic acids is 1. The molecule has 0 unspecified atom stereocenters. The average Bonchev–Trinajstić information content (AvgIpc) is 3.02. The lowest BCUT2D eigenvalue weighted by Gasteiger charge is -2.04. The molecule has 1 aromatic heterocycles. The Morgan fingerprint density at radius 2 is 2.44 bits per heavy atom. The van der Waals surface area contributed by atoms with Crippen molar-refractivity contribution in [3.05, 3.63) is 22.1 Å². The molecule has 0 saturated heterocycles. The molecule has 0 amide bonds. The number of esters is 1.